The number of hydrogen-bond donors (Lipinski definition) is 3. The first-order valence-corrected chi connectivity index (χ1v) is 7.43. The maximum Gasteiger partial charge on any atom is 0.320 e. The third kappa shape index (κ3) is 5.59. The Morgan fingerprint density at radius 3 is 2.64 bits per heavy atom. The van der Waals surface area contributed by atoms with Crippen LogP contribution in [0.15, 0.2) is 18.3 Å². The summed E-state index contributed by atoms with van der Waals surface area (Å²) in [6.07, 6.45) is 2.41. The molecule has 0 saturated heterocycles. The number of carbonyl (C=O) groups is 2. The van der Waals surface area contributed by atoms with Crippen LogP contribution in [0.2, 0.25) is 0 Å². The van der Waals surface area contributed by atoms with E-state index in [1.807, 2.05) is 20.8 Å². The van der Waals surface area contributed by atoms with Gasteiger partial charge in [0.2, 0.25) is 11.8 Å². The Bertz CT molecular complexity index is 507. The first-order valence-electron chi connectivity index (χ1n) is 7.43. The molecule has 0 bridgehead atoms. The van der Waals surface area contributed by atoms with E-state index in [0.717, 1.165) is 6.42 Å². The largest absolute Gasteiger partial charge is 0.476 e. The summed E-state index contributed by atoms with van der Waals surface area (Å²) in [6.45, 7) is 7.80. The number of amides is 3. The zero-order valence-corrected chi connectivity index (χ0v) is 13.5. The molecule has 0 saturated carbocycles. The van der Waals surface area contributed by atoms with Crippen molar-refractivity contribution in [3.05, 3.63) is 18.3 Å². The lowest BCUT2D eigenvalue weighted by molar-refractivity contribution is -0.123. The minimum absolute atomic E-state index is 0.0719. The molecular formula is C15H24N4O3. The third-order valence-electron chi connectivity index (χ3n) is 3.04. The van der Waals surface area contributed by atoms with Crippen LogP contribution < -0.4 is 20.7 Å². The normalized spacial score (nSPS) is 12.9. The molecule has 0 radical (unpaired) electrons. The van der Waals surface area contributed by atoms with Crippen LogP contribution in [0.5, 0.6) is 5.88 Å². The average Bonchev–Trinajstić information content (AvgIpc) is 2.49. The highest BCUT2D eigenvalue weighted by Gasteiger charge is 2.17. The lowest BCUT2D eigenvalue weighted by Gasteiger charge is -2.18. The topological polar surface area (TPSA) is 92.3 Å². The molecule has 0 fully saturated rings. The van der Waals surface area contributed by atoms with Gasteiger partial charge in [-0.25, -0.2) is 9.78 Å². The van der Waals surface area contributed by atoms with E-state index >= 15 is 0 Å². The van der Waals surface area contributed by atoms with Crippen LogP contribution in [0.1, 0.15) is 34.1 Å². The Kier molecular flexibility index (Phi) is 7.15. The second-order valence-electron chi connectivity index (χ2n) is 4.93. The Balaban J connectivity index is 2.57. The number of nitrogens with one attached hydrogen (secondary N) is 3. The lowest BCUT2D eigenvalue weighted by Crippen LogP contribution is -2.48. The molecule has 0 aliphatic rings. The molecular weight excluding hydrogens is 284 g/mol. The van der Waals surface area contributed by atoms with Crippen molar-refractivity contribution >= 4 is 17.6 Å². The summed E-state index contributed by atoms with van der Waals surface area (Å²) in [7, 11) is 0. The van der Waals surface area contributed by atoms with Crippen molar-refractivity contribution in [1.82, 2.24) is 15.6 Å². The molecule has 1 rings (SSSR count). The Morgan fingerprint density at radius 1 is 1.27 bits per heavy atom. The molecule has 7 nitrogen and oxygen atoms in total. The second-order valence-corrected chi connectivity index (χ2v) is 4.93. The van der Waals surface area contributed by atoms with Crippen molar-refractivity contribution in [3.63, 3.8) is 0 Å². The number of anilines is 1. The van der Waals surface area contributed by atoms with Crippen molar-refractivity contribution in [2.45, 2.75) is 46.2 Å². The number of pyridine rings is 1. The number of ether oxygens (including phenoxy) is 1. The van der Waals surface area contributed by atoms with E-state index in [1.165, 1.54) is 0 Å². The number of urea groups is 1. The molecule has 2 atom stereocenters. The summed E-state index contributed by atoms with van der Waals surface area (Å²) >= 11 is 0. The van der Waals surface area contributed by atoms with Crippen LogP contribution >= 0.6 is 0 Å². The summed E-state index contributed by atoms with van der Waals surface area (Å²) in [4.78, 5) is 27.9. The minimum atomic E-state index is -0.638. The zero-order valence-electron chi connectivity index (χ0n) is 13.5. The molecule has 1 aromatic heterocycles. The fourth-order valence-electron chi connectivity index (χ4n) is 1.63. The predicted molar refractivity (Wildman–Crippen MR) is 84.9 cm³/mol. The van der Waals surface area contributed by atoms with Crippen molar-refractivity contribution in [2.24, 2.45) is 0 Å². The van der Waals surface area contributed by atoms with Gasteiger partial charge < -0.3 is 20.7 Å². The van der Waals surface area contributed by atoms with Gasteiger partial charge in [0.15, 0.2) is 0 Å². The third-order valence-corrected chi connectivity index (χ3v) is 3.04. The maximum atomic E-state index is 12.0. The number of rotatable bonds is 7. The molecule has 1 aromatic rings. The highest BCUT2D eigenvalue weighted by molar-refractivity contribution is 5.94. The number of nitrogens with zero attached hydrogens (tertiary/aromatic N) is 1. The Hall–Kier alpha value is -2.31. The summed E-state index contributed by atoms with van der Waals surface area (Å²) in [5.74, 6) is 0.123. The van der Waals surface area contributed by atoms with Gasteiger partial charge in [-0.3, -0.25) is 4.79 Å². The van der Waals surface area contributed by atoms with Crippen molar-refractivity contribution < 1.29 is 14.3 Å². The molecule has 122 valence electrons. The van der Waals surface area contributed by atoms with E-state index in [0.29, 0.717) is 18.2 Å². The molecule has 0 aliphatic carbocycles. The van der Waals surface area contributed by atoms with Crippen LogP contribution in [0.25, 0.3) is 0 Å². The van der Waals surface area contributed by atoms with Gasteiger partial charge in [-0.1, -0.05) is 6.92 Å². The van der Waals surface area contributed by atoms with Gasteiger partial charge in [0.05, 0.1) is 6.61 Å². The minimum Gasteiger partial charge on any atom is -0.476 e. The van der Waals surface area contributed by atoms with E-state index in [1.54, 1.807) is 25.3 Å². The molecule has 22 heavy (non-hydrogen) atoms. The van der Waals surface area contributed by atoms with Crippen LogP contribution in [0, 0.1) is 0 Å². The Labute approximate surface area is 130 Å². The first-order chi connectivity index (χ1) is 10.5. The number of carbonyl (C=O) groups excluding carboxylic acids is 2. The van der Waals surface area contributed by atoms with E-state index in [4.69, 9.17) is 4.74 Å². The maximum absolute atomic E-state index is 12.0. The van der Waals surface area contributed by atoms with E-state index < -0.39 is 12.1 Å². The first kappa shape index (κ1) is 17.7. The molecule has 7 heteroatoms. The van der Waals surface area contributed by atoms with E-state index in [-0.39, 0.29) is 11.9 Å². The standard InChI is InChI=1S/C15H24N4O3/c1-5-10(3)17-13(20)11(4)18-15(21)19-12-8-7-9-16-14(12)22-6-2/h7-11H,5-6H2,1-4H3,(H,17,20)(H2,18,19,21)/t10-,11+/m1/s1. The highest BCUT2D eigenvalue weighted by Crippen LogP contribution is 2.20. The van der Waals surface area contributed by atoms with E-state index in [2.05, 4.69) is 20.9 Å². The van der Waals surface area contributed by atoms with Gasteiger partial charge >= 0.3 is 6.03 Å². The van der Waals surface area contributed by atoms with Gasteiger partial charge in [0.1, 0.15) is 11.7 Å². The predicted octanol–water partition coefficient (Wildman–Crippen LogP) is 1.90. The fourth-order valence-corrected chi connectivity index (χ4v) is 1.63. The van der Waals surface area contributed by atoms with Crippen LogP contribution in [0.3, 0.4) is 0 Å². The molecule has 1 heterocycles. The number of hydrogen-bond acceptors (Lipinski definition) is 4. The fraction of sp³-hybridized carbons (Fsp3) is 0.533. The van der Waals surface area contributed by atoms with Crippen LogP contribution in [0.4, 0.5) is 10.5 Å². The van der Waals surface area contributed by atoms with Crippen molar-refractivity contribution in [2.75, 3.05) is 11.9 Å². The summed E-state index contributed by atoms with van der Waals surface area (Å²) in [5, 5.41) is 8.02. The average molecular weight is 308 g/mol. The lowest BCUT2D eigenvalue weighted by atomic mass is 10.2. The van der Waals surface area contributed by atoms with Gasteiger partial charge in [-0.2, -0.15) is 0 Å². The Morgan fingerprint density at radius 2 is 2.00 bits per heavy atom. The monoisotopic (exact) mass is 308 g/mol. The zero-order chi connectivity index (χ0) is 16.5. The molecule has 0 unspecified atom stereocenters. The van der Waals surface area contributed by atoms with Crippen LogP contribution in [-0.2, 0) is 4.79 Å². The molecule has 0 aromatic carbocycles. The van der Waals surface area contributed by atoms with Crippen LogP contribution in [-0.4, -0.2) is 35.6 Å². The molecule has 0 spiro atoms. The van der Waals surface area contributed by atoms with Gasteiger partial charge in [-0.15, -0.1) is 0 Å². The summed E-state index contributed by atoms with van der Waals surface area (Å²) < 4.78 is 5.32. The highest BCUT2D eigenvalue weighted by atomic mass is 16.5. The molecule has 3 amide bonds. The molecule has 0 aliphatic heterocycles. The van der Waals surface area contributed by atoms with Gasteiger partial charge in [0.25, 0.3) is 0 Å². The van der Waals surface area contributed by atoms with Gasteiger partial charge in [0, 0.05) is 12.2 Å². The number of aromatic nitrogens is 1. The van der Waals surface area contributed by atoms with E-state index in [9.17, 15) is 9.59 Å². The molecule has 3 N–H and O–H groups in total. The second kappa shape index (κ2) is 8.86. The quantitative estimate of drug-likeness (QED) is 0.717. The van der Waals surface area contributed by atoms with Crippen molar-refractivity contribution in [1.29, 1.82) is 0 Å². The summed E-state index contributed by atoms with van der Waals surface area (Å²) in [5.41, 5.74) is 0.455. The SMILES string of the molecule is CCOc1ncccc1NC(=O)N[C@@H](C)C(=O)N[C@H](C)CC. The summed E-state index contributed by atoms with van der Waals surface area (Å²) in [6, 6.07) is 2.32. The van der Waals surface area contributed by atoms with Gasteiger partial charge in [-0.05, 0) is 39.3 Å². The smallest absolute Gasteiger partial charge is 0.320 e. The van der Waals surface area contributed by atoms with Crippen molar-refractivity contribution in [3.8, 4) is 5.88 Å².